The minimum atomic E-state index is -0.683. The van der Waals surface area contributed by atoms with Crippen LogP contribution in [-0.2, 0) is 4.79 Å². The number of nitrogens with zero attached hydrogens (tertiary/aromatic N) is 2. The molecule has 1 fully saturated rings. The van der Waals surface area contributed by atoms with Crippen LogP contribution in [0.15, 0.2) is 91.0 Å². The van der Waals surface area contributed by atoms with Gasteiger partial charge < -0.3 is 5.11 Å². The largest absolute Gasteiger partial charge is 0.481 e. The van der Waals surface area contributed by atoms with Crippen molar-refractivity contribution < 1.29 is 9.90 Å². The number of pyridine rings is 1. The van der Waals surface area contributed by atoms with Crippen molar-refractivity contribution in [2.75, 3.05) is 13.1 Å². The van der Waals surface area contributed by atoms with E-state index in [1.54, 1.807) is 0 Å². The van der Waals surface area contributed by atoms with E-state index in [1.165, 1.54) is 16.7 Å². The van der Waals surface area contributed by atoms with Gasteiger partial charge in [-0.15, -0.1) is 0 Å². The molecule has 4 aromatic rings. The highest BCUT2D eigenvalue weighted by Crippen LogP contribution is 2.33. The minimum Gasteiger partial charge on any atom is -0.481 e. The summed E-state index contributed by atoms with van der Waals surface area (Å²) in [5, 5.41) is 10.5. The number of aliphatic carboxylic acids is 1. The lowest BCUT2D eigenvalue weighted by Crippen LogP contribution is -2.39. The van der Waals surface area contributed by atoms with Crippen LogP contribution in [0.3, 0.4) is 0 Å². The van der Waals surface area contributed by atoms with Crippen LogP contribution < -0.4 is 0 Å². The average molecular weight is 423 g/mol. The van der Waals surface area contributed by atoms with Crippen molar-refractivity contribution >= 4 is 16.9 Å². The van der Waals surface area contributed by atoms with Crippen LogP contribution in [0, 0.1) is 5.92 Å². The molecule has 1 aromatic heterocycles. The number of carbonyl (C=O) groups is 1. The molecular weight excluding hydrogens is 396 g/mol. The van der Waals surface area contributed by atoms with Gasteiger partial charge in [-0.2, -0.15) is 0 Å². The Morgan fingerprint density at radius 3 is 2.19 bits per heavy atom. The normalized spacial score (nSPS) is 16.1. The SMILES string of the molecule is O=C(O)C1CCN(C(c2ccc(-c3ccccc3)cc2)c2ccc3ccccc3n2)CC1. The molecule has 0 radical (unpaired) electrons. The van der Waals surface area contributed by atoms with Crippen LogP contribution in [-0.4, -0.2) is 34.0 Å². The first-order valence-electron chi connectivity index (χ1n) is 11.2. The maximum Gasteiger partial charge on any atom is 0.306 e. The van der Waals surface area contributed by atoms with Gasteiger partial charge in [0.1, 0.15) is 0 Å². The molecule has 4 heteroatoms. The Bertz CT molecular complexity index is 1210. The Morgan fingerprint density at radius 2 is 1.47 bits per heavy atom. The number of hydrogen-bond acceptors (Lipinski definition) is 3. The van der Waals surface area contributed by atoms with Gasteiger partial charge in [0.05, 0.1) is 23.2 Å². The van der Waals surface area contributed by atoms with E-state index >= 15 is 0 Å². The third kappa shape index (κ3) is 4.14. The molecule has 0 bridgehead atoms. The number of piperidine rings is 1. The molecule has 4 nitrogen and oxygen atoms in total. The smallest absolute Gasteiger partial charge is 0.306 e. The fourth-order valence-electron chi connectivity index (χ4n) is 4.70. The number of para-hydroxylation sites is 1. The summed E-state index contributed by atoms with van der Waals surface area (Å²) in [6, 6.07) is 31.5. The Morgan fingerprint density at radius 1 is 0.812 bits per heavy atom. The van der Waals surface area contributed by atoms with E-state index in [1.807, 2.05) is 24.3 Å². The van der Waals surface area contributed by atoms with Crippen molar-refractivity contribution in [3.05, 3.63) is 102 Å². The van der Waals surface area contributed by atoms with Gasteiger partial charge in [-0.25, -0.2) is 0 Å². The van der Waals surface area contributed by atoms with Crippen molar-refractivity contribution in [3.63, 3.8) is 0 Å². The van der Waals surface area contributed by atoms with E-state index in [0.29, 0.717) is 12.8 Å². The fourth-order valence-corrected chi connectivity index (χ4v) is 4.70. The Kier molecular flexibility index (Phi) is 5.70. The Labute approximate surface area is 188 Å². The standard InChI is InChI=1S/C28H26N2O2/c31-28(32)24-16-18-30(19-17-24)27(26-15-14-22-8-4-5-9-25(22)29-26)23-12-10-21(11-13-23)20-6-2-1-3-7-20/h1-15,24,27H,16-19H2,(H,31,32). The van der Waals surface area contributed by atoms with Gasteiger partial charge in [0, 0.05) is 5.39 Å². The number of benzene rings is 3. The van der Waals surface area contributed by atoms with Gasteiger partial charge in [-0.05, 0) is 54.8 Å². The number of carboxylic acids is 1. The van der Waals surface area contributed by atoms with Gasteiger partial charge >= 0.3 is 5.97 Å². The molecule has 0 saturated carbocycles. The maximum atomic E-state index is 11.5. The summed E-state index contributed by atoms with van der Waals surface area (Å²) in [5.74, 6) is -0.936. The highest BCUT2D eigenvalue weighted by atomic mass is 16.4. The Balaban J connectivity index is 1.51. The highest BCUT2D eigenvalue weighted by Gasteiger charge is 2.31. The van der Waals surface area contributed by atoms with Crippen LogP contribution in [0.25, 0.3) is 22.0 Å². The second-order valence-corrected chi connectivity index (χ2v) is 8.47. The number of aromatic nitrogens is 1. The lowest BCUT2D eigenvalue weighted by atomic mass is 9.92. The predicted molar refractivity (Wildman–Crippen MR) is 127 cm³/mol. The molecule has 160 valence electrons. The second-order valence-electron chi connectivity index (χ2n) is 8.47. The van der Waals surface area contributed by atoms with Crippen LogP contribution in [0.2, 0.25) is 0 Å². The van der Waals surface area contributed by atoms with Crippen molar-refractivity contribution in [1.82, 2.24) is 9.88 Å². The molecule has 1 aliphatic heterocycles. The first-order valence-corrected chi connectivity index (χ1v) is 11.2. The molecule has 5 rings (SSSR count). The van der Waals surface area contributed by atoms with Crippen LogP contribution >= 0.6 is 0 Å². The molecule has 0 aliphatic carbocycles. The lowest BCUT2D eigenvalue weighted by molar-refractivity contribution is -0.143. The first kappa shape index (κ1) is 20.4. The third-order valence-corrected chi connectivity index (χ3v) is 6.48. The summed E-state index contributed by atoms with van der Waals surface area (Å²) < 4.78 is 0. The molecular formula is C28H26N2O2. The summed E-state index contributed by atoms with van der Waals surface area (Å²) in [5.41, 5.74) is 5.55. The van der Waals surface area contributed by atoms with Gasteiger partial charge in [-0.3, -0.25) is 14.7 Å². The summed E-state index contributed by atoms with van der Waals surface area (Å²) >= 11 is 0. The Hall–Kier alpha value is -3.50. The van der Waals surface area contributed by atoms with Gasteiger partial charge in [0.25, 0.3) is 0 Å². The van der Waals surface area contributed by atoms with Crippen LogP contribution in [0.1, 0.15) is 30.1 Å². The number of carboxylic acid groups (broad SMARTS) is 1. The number of hydrogen-bond donors (Lipinski definition) is 1. The highest BCUT2D eigenvalue weighted by molar-refractivity contribution is 5.78. The van der Waals surface area contributed by atoms with Crippen molar-refractivity contribution in [1.29, 1.82) is 0 Å². The predicted octanol–water partition coefficient (Wildman–Crippen LogP) is 5.79. The van der Waals surface area contributed by atoms with Crippen molar-refractivity contribution in [2.45, 2.75) is 18.9 Å². The van der Waals surface area contributed by atoms with Crippen LogP contribution in [0.5, 0.6) is 0 Å². The van der Waals surface area contributed by atoms with E-state index in [-0.39, 0.29) is 12.0 Å². The lowest BCUT2D eigenvalue weighted by Gasteiger charge is -2.36. The van der Waals surface area contributed by atoms with E-state index < -0.39 is 5.97 Å². The third-order valence-electron chi connectivity index (χ3n) is 6.48. The zero-order valence-electron chi connectivity index (χ0n) is 17.9. The fraction of sp³-hybridized carbons (Fsp3) is 0.214. The van der Waals surface area contributed by atoms with E-state index in [9.17, 15) is 9.90 Å². The minimum absolute atomic E-state index is 0.000764. The van der Waals surface area contributed by atoms with E-state index in [0.717, 1.165) is 29.7 Å². The molecule has 1 saturated heterocycles. The van der Waals surface area contributed by atoms with E-state index in [4.69, 9.17) is 4.98 Å². The molecule has 0 spiro atoms. The zero-order valence-corrected chi connectivity index (χ0v) is 17.9. The molecule has 2 heterocycles. The van der Waals surface area contributed by atoms with Crippen LogP contribution in [0.4, 0.5) is 0 Å². The monoisotopic (exact) mass is 422 g/mol. The molecule has 1 N–H and O–H groups in total. The molecule has 1 atom stereocenters. The van der Waals surface area contributed by atoms with Gasteiger partial charge in [0.15, 0.2) is 0 Å². The van der Waals surface area contributed by atoms with E-state index in [2.05, 4.69) is 71.6 Å². The quantitative estimate of drug-likeness (QED) is 0.442. The second kappa shape index (κ2) is 8.93. The molecule has 3 aromatic carbocycles. The summed E-state index contributed by atoms with van der Waals surface area (Å²) in [7, 11) is 0. The first-order chi connectivity index (χ1) is 15.7. The number of fused-ring (bicyclic) bond motifs is 1. The van der Waals surface area contributed by atoms with Crippen molar-refractivity contribution in [3.8, 4) is 11.1 Å². The molecule has 0 amide bonds. The maximum absolute atomic E-state index is 11.5. The molecule has 1 aliphatic rings. The summed E-state index contributed by atoms with van der Waals surface area (Å²) in [6.45, 7) is 1.49. The van der Waals surface area contributed by atoms with Gasteiger partial charge in [0.2, 0.25) is 0 Å². The molecule has 1 unspecified atom stereocenters. The summed E-state index contributed by atoms with van der Waals surface area (Å²) in [4.78, 5) is 18.8. The molecule has 32 heavy (non-hydrogen) atoms. The number of rotatable bonds is 5. The average Bonchev–Trinajstić information content (AvgIpc) is 2.85. The number of likely N-dealkylation sites (tertiary alicyclic amines) is 1. The van der Waals surface area contributed by atoms with Crippen molar-refractivity contribution in [2.24, 2.45) is 5.92 Å². The summed E-state index contributed by atoms with van der Waals surface area (Å²) in [6.07, 6.45) is 1.34. The zero-order chi connectivity index (χ0) is 21.9. The topological polar surface area (TPSA) is 53.4 Å². The van der Waals surface area contributed by atoms with Gasteiger partial charge in [-0.1, -0.05) is 78.9 Å².